The van der Waals surface area contributed by atoms with Crippen LogP contribution in [0, 0.1) is 0 Å². The van der Waals surface area contributed by atoms with Crippen molar-refractivity contribution in [2.75, 3.05) is 0 Å². The molecule has 1 aliphatic carbocycles. The molecule has 3 heteroatoms. The maximum atomic E-state index is 14.0. The normalized spacial score (nSPS) is 13.7. The molecule has 0 aliphatic heterocycles. The molecule has 0 bridgehead atoms. The van der Waals surface area contributed by atoms with E-state index in [1.165, 1.54) is 0 Å². The van der Waals surface area contributed by atoms with Gasteiger partial charge in [-0.15, -0.1) is 0 Å². The number of hydrogen-bond acceptors (Lipinski definition) is 3. The minimum Gasteiger partial charge on any atom is -0.508 e. The topological polar surface area (TPSA) is 57.5 Å². The van der Waals surface area contributed by atoms with Gasteiger partial charge in [0, 0.05) is 22.3 Å². The molecule has 154 valence electrons. The fraction of sp³-hybridized carbons (Fsp3) is 0. The van der Waals surface area contributed by atoms with Crippen LogP contribution in [0.1, 0.15) is 22.3 Å². The first-order valence-corrected chi connectivity index (χ1v) is 10.4. The summed E-state index contributed by atoms with van der Waals surface area (Å²) in [5.74, 6) is 0.283. The van der Waals surface area contributed by atoms with Crippen LogP contribution in [0.25, 0.3) is 22.3 Å². The first-order chi connectivity index (χ1) is 15.6. The van der Waals surface area contributed by atoms with E-state index in [4.69, 9.17) is 0 Å². The fourth-order valence-electron chi connectivity index (χ4n) is 4.20. The van der Waals surface area contributed by atoms with E-state index in [0.29, 0.717) is 11.1 Å². The Labute approximate surface area is 186 Å². The quantitative estimate of drug-likeness (QED) is 0.416. The van der Waals surface area contributed by atoms with Crippen molar-refractivity contribution < 1.29 is 15.0 Å². The molecule has 0 unspecified atom stereocenters. The summed E-state index contributed by atoms with van der Waals surface area (Å²) in [5.41, 5.74) is 6.21. The predicted molar refractivity (Wildman–Crippen MR) is 128 cm³/mol. The largest absolute Gasteiger partial charge is 0.508 e. The summed E-state index contributed by atoms with van der Waals surface area (Å²) in [6.45, 7) is 0. The summed E-state index contributed by atoms with van der Waals surface area (Å²) < 4.78 is 0. The van der Waals surface area contributed by atoms with Gasteiger partial charge in [0.25, 0.3) is 0 Å². The van der Waals surface area contributed by atoms with Crippen molar-refractivity contribution in [2.24, 2.45) is 0 Å². The molecule has 0 heterocycles. The molecule has 3 nitrogen and oxygen atoms in total. The molecule has 0 saturated carbocycles. The molecular formula is C29H20O3. The third-order valence-corrected chi connectivity index (χ3v) is 5.64. The van der Waals surface area contributed by atoms with Crippen LogP contribution in [0.3, 0.4) is 0 Å². The molecule has 5 rings (SSSR count). The van der Waals surface area contributed by atoms with E-state index in [-0.39, 0.29) is 17.3 Å². The second kappa shape index (κ2) is 8.05. The standard InChI is InChI=1S/C29H20O3/c30-23-15-11-21(12-16-23)25-26(22-13-17-24(31)18-14-22)28(20-9-5-2-6-10-20)29(32)27(25)19-7-3-1-4-8-19/h1-18,30-31H. The van der Waals surface area contributed by atoms with Crippen molar-refractivity contribution in [3.8, 4) is 11.5 Å². The third-order valence-electron chi connectivity index (χ3n) is 5.64. The van der Waals surface area contributed by atoms with Gasteiger partial charge in [-0.1, -0.05) is 84.9 Å². The zero-order valence-electron chi connectivity index (χ0n) is 17.2. The number of phenols is 2. The van der Waals surface area contributed by atoms with Crippen LogP contribution >= 0.6 is 0 Å². The molecular weight excluding hydrogens is 396 g/mol. The lowest BCUT2D eigenvalue weighted by atomic mass is 9.89. The van der Waals surface area contributed by atoms with E-state index in [2.05, 4.69) is 0 Å². The van der Waals surface area contributed by atoms with Crippen molar-refractivity contribution >= 4 is 28.1 Å². The average Bonchev–Trinajstić information content (AvgIpc) is 3.14. The zero-order chi connectivity index (χ0) is 22.1. The maximum absolute atomic E-state index is 14.0. The summed E-state index contributed by atoms with van der Waals surface area (Å²) >= 11 is 0. The number of aromatic hydroxyl groups is 2. The van der Waals surface area contributed by atoms with Crippen LogP contribution < -0.4 is 0 Å². The van der Waals surface area contributed by atoms with Gasteiger partial charge in [-0.25, -0.2) is 0 Å². The number of rotatable bonds is 4. The highest BCUT2D eigenvalue weighted by atomic mass is 16.3. The number of allylic oxidation sites excluding steroid dienone is 4. The zero-order valence-corrected chi connectivity index (χ0v) is 17.2. The highest BCUT2D eigenvalue weighted by Crippen LogP contribution is 2.49. The van der Waals surface area contributed by atoms with Gasteiger partial charge in [0.2, 0.25) is 0 Å². The molecule has 0 amide bonds. The molecule has 32 heavy (non-hydrogen) atoms. The summed E-state index contributed by atoms with van der Waals surface area (Å²) in [5, 5.41) is 19.7. The monoisotopic (exact) mass is 416 g/mol. The minimum absolute atomic E-state index is 0.0476. The second-order valence-electron chi connectivity index (χ2n) is 7.65. The van der Waals surface area contributed by atoms with Gasteiger partial charge in [0.05, 0.1) is 0 Å². The van der Waals surface area contributed by atoms with Gasteiger partial charge in [0.1, 0.15) is 11.5 Å². The minimum atomic E-state index is -0.0476. The molecule has 4 aromatic rings. The molecule has 0 saturated heterocycles. The number of carbonyl (C=O) groups excluding carboxylic acids is 1. The molecule has 0 spiro atoms. The van der Waals surface area contributed by atoms with Crippen LogP contribution in [-0.2, 0) is 4.79 Å². The van der Waals surface area contributed by atoms with E-state index in [0.717, 1.165) is 33.4 Å². The van der Waals surface area contributed by atoms with Crippen LogP contribution in [0.15, 0.2) is 109 Å². The van der Waals surface area contributed by atoms with Gasteiger partial charge in [-0.2, -0.15) is 0 Å². The average molecular weight is 416 g/mol. The highest BCUT2D eigenvalue weighted by Gasteiger charge is 2.35. The Morgan fingerprint density at radius 2 is 0.688 bits per heavy atom. The number of benzene rings is 4. The number of phenolic OH excluding ortho intramolecular Hbond substituents is 2. The number of Topliss-reactive ketones (excluding diaryl/α,β-unsaturated/α-hetero) is 1. The lowest BCUT2D eigenvalue weighted by molar-refractivity contribution is -0.108. The summed E-state index contributed by atoms with van der Waals surface area (Å²) in [7, 11) is 0. The SMILES string of the molecule is O=C1C(c2ccccc2)=C(c2ccc(O)cc2)C(c2ccc(O)cc2)=C1c1ccccc1. The van der Waals surface area contributed by atoms with E-state index in [1.54, 1.807) is 24.3 Å². The Kier molecular flexibility index (Phi) is 4.92. The lowest BCUT2D eigenvalue weighted by Crippen LogP contribution is -2.01. The molecule has 1 aliphatic rings. The van der Waals surface area contributed by atoms with Crippen molar-refractivity contribution in [3.63, 3.8) is 0 Å². The van der Waals surface area contributed by atoms with Crippen molar-refractivity contribution in [3.05, 3.63) is 131 Å². The van der Waals surface area contributed by atoms with E-state index >= 15 is 0 Å². The predicted octanol–water partition coefficient (Wildman–Crippen LogP) is 6.20. The Bertz CT molecular complexity index is 1240. The summed E-state index contributed by atoms with van der Waals surface area (Å²) in [6.07, 6.45) is 0. The van der Waals surface area contributed by atoms with E-state index in [9.17, 15) is 15.0 Å². The van der Waals surface area contributed by atoms with Gasteiger partial charge in [0.15, 0.2) is 5.78 Å². The molecule has 2 N–H and O–H groups in total. The molecule has 0 radical (unpaired) electrons. The first-order valence-electron chi connectivity index (χ1n) is 10.4. The maximum Gasteiger partial charge on any atom is 0.195 e. The van der Waals surface area contributed by atoms with Crippen molar-refractivity contribution in [1.29, 1.82) is 0 Å². The lowest BCUT2D eigenvalue weighted by Gasteiger charge is -2.14. The molecule has 0 aromatic heterocycles. The van der Waals surface area contributed by atoms with Crippen LogP contribution in [0.2, 0.25) is 0 Å². The van der Waals surface area contributed by atoms with Crippen LogP contribution in [0.4, 0.5) is 0 Å². The Balaban J connectivity index is 1.87. The van der Waals surface area contributed by atoms with Gasteiger partial charge in [-0.3, -0.25) is 4.79 Å². The van der Waals surface area contributed by atoms with Gasteiger partial charge < -0.3 is 10.2 Å². The van der Waals surface area contributed by atoms with Crippen molar-refractivity contribution in [1.82, 2.24) is 0 Å². The second-order valence-corrected chi connectivity index (χ2v) is 7.65. The Hall–Kier alpha value is -4.37. The Morgan fingerprint density at radius 1 is 0.375 bits per heavy atom. The first kappa shape index (κ1) is 19.6. The number of ketones is 1. The van der Waals surface area contributed by atoms with Gasteiger partial charge >= 0.3 is 0 Å². The third kappa shape index (κ3) is 3.40. The number of carbonyl (C=O) groups is 1. The van der Waals surface area contributed by atoms with E-state index in [1.807, 2.05) is 84.9 Å². The summed E-state index contributed by atoms with van der Waals surface area (Å²) in [4.78, 5) is 14.0. The molecule has 0 fully saturated rings. The fourth-order valence-corrected chi connectivity index (χ4v) is 4.20. The molecule has 4 aromatic carbocycles. The smallest absolute Gasteiger partial charge is 0.195 e. The van der Waals surface area contributed by atoms with Crippen molar-refractivity contribution in [2.45, 2.75) is 0 Å². The molecule has 0 atom stereocenters. The highest BCUT2D eigenvalue weighted by molar-refractivity contribution is 6.59. The number of hydrogen-bond donors (Lipinski definition) is 2. The van der Waals surface area contributed by atoms with E-state index < -0.39 is 0 Å². The van der Waals surface area contributed by atoms with Crippen LogP contribution in [-0.4, -0.2) is 16.0 Å². The van der Waals surface area contributed by atoms with Gasteiger partial charge in [-0.05, 0) is 46.5 Å². The summed E-state index contributed by atoms with van der Waals surface area (Å²) in [6, 6.07) is 33.1. The Morgan fingerprint density at radius 3 is 1.03 bits per heavy atom. The van der Waals surface area contributed by atoms with Crippen LogP contribution in [0.5, 0.6) is 11.5 Å².